The van der Waals surface area contributed by atoms with Crippen molar-refractivity contribution in [3.05, 3.63) is 46.9 Å². The van der Waals surface area contributed by atoms with Gasteiger partial charge < -0.3 is 9.64 Å². The number of nitrogens with zero attached hydrogens (tertiary/aromatic N) is 2. The van der Waals surface area contributed by atoms with E-state index in [1.807, 2.05) is 0 Å². The standard InChI is InChI=1S/C19H19BrN2OS/c20-15-5-3-14(4-6-15)19-17-8-7-16(13-18(17)24-21-19)23-12-2-11-22-9-1-10-22/h3-8,13H,1-2,9-12H2. The van der Waals surface area contributed by atoms with E-state index in [4.69, 9.17) is 4.74 Å². The van der Waals surface area contributed by atoms with Gasteiger partial charge in [0.05, 0.1) is 17.0 Å². The number of aromatic nitrogens is 1. The van der Waals surface area contributed by atoms with Gasteiger partial charge >= 0.3 is 0 Å². The molecule has 0 N–H and O–H groups in total. The van der Waals surface area contributed by atoms with Crippen molar-refractivity contribution in [1.82, 2.24) is 9.27 Å². The number of benzene rings is 2. The molecule has 0 amide bonds. The molecule has 1 aliphatic heterocycles. The molecule has 3 nitrogen and oxygen atoms in total. The maximum atomic E-state index is 5.91. The van der Waals surface area contributed by atoms with Gasteiger partial charge in [-0.2, -0.15) is 4.37 Å². The average Bonchev–Trinajstić information content (AvgIpc) is 2.97. The maximum Gasteiger partial charge on any atom is 0.120 e. The molecule has 24 heavy (non-hydrogen) atoms. The second-order valence-electron chi connectivity index (χ2n) is 6.09. The first-order valence-electron chi connectivity index (χ1n) is 8.30. The van der Waals surface area contributed by atoms with E-state index < -0.39 is 0 Å². The highest BCUT2D eigenvalue weighted by molar-refractivity contribution is 9.10. The summed E-state index contributed by atoms with van der Waals surface area (Å²) in [6.45, 7) is 4.44. The number of hydrogen-bond acceptors (Lipinski definition) is 4. The zero-order valence-corrected chi connectivity index (χ0v) is 15.8. The third-order valence-corrected chi connectivity index (χ3v) is 5.73. The van der Waals surface area contributed by atoms with Crippen LogP contribution in [0.3, 0.4) is 0 Å². The third-order valence-electron chi connectivity index (χ3n) is 4.40. The van der Waals surface area contributed by atoms with Gasteiger partial charge in [0, 0.05) is 22.0 Å². The minimum absolute atomic E-state index is 0.778. The molecule has 4 rings (SSSR count). The first kappa shape index (κ1) is 16.1. The van der Waals surface area contributed by atoms with Crippen molar-refractivity contribution in [1.29, 1.82) is 0 Å². The second kappa shape index (κ2) is 7.21. The van der Waals surface area contributed by atoms with Gasteiger partial charge in [0.25, 0.3) is 0 Å². The van der Waals surface area contributed by atoms with Crippen molar-refractivity contribution in [2.75, 3.05) is 26.2 Å². The topological polar surface area (TPSA) is 25.4 Å². The number of rotatable bonds is 6. The number of likely N-dealkylation sites (tertiary alicyclic amines) is 1. The van der Waals surface area contributed by atoms with Crippen LogP contribution in [0.15, 0.2) is 46.9 Å². The molecule has 2 aromatic carbocycles. The molecule has 5 heteroatoms. The number of ether oxygens (including phenoxy) is 1. The Morgan fingerprint density at radius 2 is 1.96 bits per heavy atom. The average molecular weight is 403 g/mol. The number of fused-ring (bicyclic) bond motifs is 1. The Balaban J connectivity index is 1.45. The van der Waals surface area contributed by atoms with Crippen molar-refractivity contribution in [3.63, 3.8) is 0 Å². The molecular weight excluding hydrogens is 384 g/mol. The van der Waals surface area contributed by atoms with E-state index in [1.54, 1.807) is 0 Å². The Morgan fingerprint density at radius 3 is 2.71 bits per heavy atom. The molecule has 0 aliphatic carbocycles. The molecular formula is C19H19BrN2OS. The molecule has 124 valence electrons. The van der Waals surface area contributed by atoms with E-state index in [2.05, 4.69) is 67.7 Å². The molecule has 0 atom stereocenters. The van der Waals surface area contributed by atoms with E-state index in [9.17, 15) is 0 Å². The largest absolute Gasteiger partial charge is 0.493 e. The number of hydrogen-bond donors (Lipinski definition) is 0. The van der Waals surface area contributed by atoms with Crippen LogP contribution in [0.25, 0.3) is 21.3 Å². The van der Waals surface area contributed by atoms with Crippen LogP contribution in [0, 0.1) is 0 Å². The van der Waals surface area contributed by atoms with E-state index >= 15 is 0 Å². The summed E-state index contributed by atoms with van der Waals surface area (Å²) in [5.74, 6) is 0.942. The van der Waals surface area contributed by atoms with Gasteiger partial charge in [-0.05, 0) is 67.8 Å². The van der Waals surface area contributed by atoms with Gasteiger partial charge in [-0.15, -0.1) is 0 Å². The molecule has 1 saturated heterocycles. The molecule has 1 aromatic heterocycles. The van der Waals surface area contributed by atoms with Gasteiger partial charge in [-0.3, -0.25) is 0 Å². The smallest absolute Gasteiger partial charge is 0.120 e. The minimum Gasteiger partial charge on any atom is -0.493 e. The normalized spacial score (nSPS) is 14.7. The molecule has 1 fully saturated rings. The Kier molecular flexibility index (Phi) is 4.83. The van der Waals surface area contributed by atoms with E-state index in [0.717, 1.165) is 41.1 Å². The predicted octanol–water partition coefficient (Wildman–Crippen LogP) is 5.20. The van der Waals surface area contributed by atoms with Crippen LogP contribution in [-0.2, 0) is 0 Å². The summed E-state index contributed by atoms with van der Waals surface area (Å²) in [5, 5.41) is 1.19. The molecule has 1 aliphatic rings. The van der Waals surface area contributed by atoms with Crippen LogP contribution < -0.4 is 4.74 Å². The monoisotopic (exact) mass is 402 g/mol. The summed E-state index contributed by atoms with van der Waals surface area (Å²) in [6.07, 6.45) is 2.44. The van der Waals surface area contributed by atoms with Crippen LogP contribution in [0.5, 0.6) is 5.75 Å². The summed E-state index contributed by atoms with van der Waals surface area (Å²) >= 11 is 5.01. The SMILES string of the molecule is Brc1ccc(-c2nsc3cc(OCCCN4CCC4)ccc23)cc1. The quantitative estimate of drug-likeness (QED) is 0.529. The lowest BCUT2D eigenvalue weighted by atomic mass is 10.1. The lowest BCUT2D eigenvalue weighted by molar-refractivity contribution is 0.165. The fraction of sp³-hybridized carbons (Fsp3) is 0.316. The first-order valence-corrected chi connectivity index (χ1v) is 9.87. The molecule has 3 aromatic rings. The lowest BCUT2D eigenvalue weighted by Gasteiger charge is -2.30. The van der Waals surface area contributed by atoms with Crippen molar-refractivity contribution < 1.29 is 4.74 Å². The lowest BCUT2D eigenvalue weighted by Crippen LogP contribution is -2.38. The third kappa shape index (κ3) is 3.48. The van der Waals surface area contributed by atoms with Crippen molar-refractivity contribution in [2.45, 2.75) is 12.8 Å². The summed E-state index contributed by atoms with van der Waals surface area (Å²) in [7, 11) is 0. The Labute approximate surface area is 154 Å². The van der Waals surface area contributed by atoms with Crippen LogP contribution in [-0.4, -0.2) is 35.5 Å². The van der Waals surface area contributed by atoms with E-state index in [0.29, 0.717) is 0 Å². The summed E-state index contributed by atoms with van der Waals surface area (Å²) in [4.78, 5) is 2.47. The minimum atomic E-state index is 0.778. The van der Waals surface area contributed by atoms with Gasteiger partial charge in [0.2, 0.25) is 0 Å². The first-order chi connectivity index (χ1) is 11.8. The van der Waals surface area contributed by atoms with Crippen LogP contribution in [0.1, 0.15) is 12.8 Å². The highest BCUT2D eigenvalue weighted by Crippen LogP contribution is 2.33. The molecule has 0 spiro atoms. The summed E-state index contributed by atoms with van der Waals surface area (Å²) in [6, 6.07) is 14.6. The van der Waals surface area contributed by atoms with Crippen molar-refractivity contribution in [3.8, 4) is 17.0 Å². The second-order valence-corrected chi connectivity index (χ2v) is 7.81. The van der Waals surface area contributed by atoms with Crippen LogP contribution >= 0.6 is 27.5 Å². The van der Waals surface area contributed by atoms with E-state index in [-0.39, 0.29) is 0 Å². The number of halogens is 1. The zero-order valence-electron chi connectivity index (χ0n) is 13.4. The highest BCUT2D eigenvalue weighted by atomic mass is 79.9. The summed E-state index contributed by atoms with van der Waals surface area (Å²) < 4.78 is 12.8. The maximum absolute atomic E-state index is 5.91. The Morgan fingerprint density at radius 1 is 1.12 bits per heavy atom. The molecule has 0 bridgehead atoms. The Bertz CT molecular complexity index is 827. The van der Waals surface area contributed by atoms with Gasteiger partial charge in [0.1, 0.15) is 5.75 Å². The summed E-state index contributed by atoms with van der Waals surface area (Å²) in [5.41, 5.74) is 2.19. The predicted molar refractivity (Wildman–Crippen MR) is 104 cm³/mol. The highest BCUT2D eigenvalue weighted by Gasteiger charge is 2.13. The van der Waals surface area contributed by atoms with Crippen LogP contribution in [0.4, 0.5) is 0 Å². The van der Waals surface area contributed by atoms with Gasteiger partial charge in [-0.1, -0.05) is 28.1 Å². The fourth-order valence-corrected chi connectivity index (χ4v) is 4.00. The van der Waals surface area contributed by atoms with Gasteiger partial charge in [-0.25, -0.2) is 0 Å². The van der Waals surface area contributed by atoms with Crippen molar-refractivity contribution in [2.24, 2.45) is 0 Å². The molecule has 2 heterocycles. The molecule has 0 saturated carbocycles. The molecule has 0 unspecified atom stereocenters. The zero-order chi connectivity index (χ0) is 16.4. The van der Waals surface area contributed by atoms with Crippen LogP contribution in [0.2, 0.25) is 0 Å². The molecule has 0 radical (unpaired) electrons. The van der Waals surface area contributed by atoms with Crippen molar-refractivity contribution >= 4 is 37.5 Å². The fourth-order valence-electron chi connectivity index (χ4n) is 2.91. The van der Waals surface area contributed by atoms with E-state index in [1.165, 1.54) is 41.1 Å². The van der Waals surface area contributed by atoms with Gasteiger partial charge in [0.15, 0.2) is 0 Å². The Hall–Kier alpha value is -1.43.